The van der Waals surface area contributed by atoms with Crippen LogP contribution >= 0.6 is 0 Å². The highest BCUT2D eigenvalue weighted by atomic mass is 16.2. The van der Waals surface area contributed by atoms with Crippen LogP contribution in [0, 0.1) is 11.3 Å². The highest BCUT2D eigenvalue weighted by Gasteiger charge is 2.23. The third kappa shape index (κ3) is 4.30. The number of hydrogen-bond donors (Lipinski definition) is 1. The van der Waals surface area contributed by atoms with Gasteiger partial charge in [0.25, 0.3) is 5.91 Å². The summed E-state index contributed by atoms with van der Waals surface area (Å²) in [4.78, 5) is 29.7. The van der Waals surface area contributed by atoms with Crippen molar-refractivity contribution in [1.82, 2.24) is 19.9 Å². The van der Waals surface area contributed by atoms with E-state index in [2.05, 4.69) is 31.2 Å². The van der Waals surface area contributed by atoms with Gasteiger partial charge < -0.3 is 15.1 Å². The maximum atomic E-state index is 12.9. The molecule has 0 bridgehead atoms. The van der Waals surface area contributed by atoms with Crippen LogP contribution in [0.2, 0.25) is 0 Å². The van der Waals surface area contributed by atoms with Crippen molar-refractivity contribution >= 4 is 23.4 Å². The molecule has 3 heterocycles. The molecule has 8 nitrogen and oxygen atoms in total. The summed E-state index contributed by atoms with van der Waals surface area (Å²) in [6, 6.07) is 16.5. The first-order chi connectivity index (χ1) is 14.2. The Balaban J connectivity index is 1.42. The number of carbonyl (C=O) groups excluding carboxylic acids is 1. The van der Waals surface area contributed by atoms with E-state index >= 15 is 0 Å². The molecule has 1 aliphatic rings. The molecule has 144 valence electrons. The number of nitrogens with one attached hydrogen (secondary N) is 1. The molecule has 1 aromatic carbocycles. The number of amides is 1. The van der Waals surface area contributed by atoms with Crippen molar-refractivity contribution in [3.05, 3.63) is 72.2 Å². The van der Waals surface area contributed by atoms with Gasteiger partial charge in [-0.3, -0.25) is 4.79 Å². The molecule has 1 amide bonds. The number of aromatic nitrogens is 3. The third-order valence-corrected chi connectivity index (χ3v) is 4.66. The van der Waals surface area contributed by atoms with E-state index in [0.29, 0.717) is 36.0 Å². The van der Waals surface area contributed by atoms with Crippen molar-refractivity contribution in [2.45, 2.75) is 0 Å². The van der Waals surface area contributed by atoms with E-state index in [1.807, 2.05) is 24.3 Å². The Kier molecular flexibility index (Phi) is 5.29. The van der Waals surface area contributed by atoms with Crippen molar-refractivity contribution in [1.29, 1.82) is 5.26 Å². The monoisotopic (exact) mass is 385 g/mol. The second-order valence-corrected chi connectivity index (χ2v) is 6.55. The van der Waals surface area contributed by atoms with Gasteiger partial charge in [0.2, 0.25) is 5.95 Å². The van der Waals surface area contributed by atoms with Crippen molar-refractivity contribution < 1.29 is 4.79 Å². The standard InChI is InChI=1S/C21H19N7O/c22-15-16-4-3-5-17(14-16)25-21-24-9-7-18(26-21)20(29)28-12-10-27(11-13-28)19-6-1-2-8-23-19/h1-9,14H,10-13H2,(H,24,25,26). The molecule has 0 saturated carbocycles. The van der Waals surface area contributed by atoms with Crippen LogP contribution in [0.4, 0.5) is 17.5 Å². The van der Waals surface area contributed by atoms with Crippen LogP contribution in [0.25, 0.3) is 0 Å². The normalized spacial score (nSPS) is 13.6. The molecule has 0 unspecified atom stereocenters. The highest BCUT2D eigenvalue weighted by Crippen LogP contribution is 2.16. The minimum atomic E-state index is -0.123. The van der Waals surface area contributed by atoms with Gasteiger partial charge in [0, 0.05) is 44.3 Å². The molecule has 0 aliphatic carbocycles. The number of anilines is 3. The number of piperazine rings is 1. The smallest absolute Gasteiger partial charge is 0.272 e. The molecule has 1 N–H and O–H groups in total. The van der Waals surface area contributed by atoms with E-state index in [4.69, 9.17) is 5.26 Å². The zero-order valence-electron chi connectivity index (χ0n) is 15.7. The molecule has 4 rings (SSSR count). The van der Waals surface area contributed by atoms with Crippen LogP contribution in [-0.2, 0) is 0 Å². The lowest BCUT2D eigenvalue weighted by Crippen LogP contribution is -2.49. The fourth-order valence-corrected chi connectivity index (χ4v) is 3.18. The Labute approximate surface area is 168 Å². The molecule has 0 atom stereocenters. The zero-order valence-corrected chi connectivity index (χ0v) is 15.7. The van der Waals surface area contributed by atoms with Crippen LogP contribution in [0.15, 0.2) is 60.9 Å². The van der Waals surface area contributed by atoms with E-state index in [1.165, 1.54) is 0 Å². The molecule has 0 spiro atoms. The van der Waals surface area contributed by atoms with Crippen molar-refractivity contribution in [3.8, 4) is 6.07 Å². The molecule has 1 fully saturated rings. The molecule has 2 aromatic heterocycles. The lowest BCUT2D eigenvalue weighted by atomic mass is 10.2. The average Bonchev–Trinajstić information content (AvgIpc) is 2.79. The first-order valence-electron chi connectivity index (χ1n) is 9.28. The minimum Gasteiger partial charge on any atom is -0.353 e. The van der Waals surface area contributed by atoms with Gasteiger partial charge in [0.15, 0.2) is 0 Å². The summed E-state index contributed by atoms with van der Waals surface area (Å²) in [5, 5.41) is 12.1. The Hall–Kier alpha value is -3.99. The van der Waals surface area contributed by atoms with Crippen LogP contribution in [0.1, 0.15) is 16.1 Å². The lowest BCUT2D eigenvalue weighted by molar-refractivity contribution is 0.0740. The lowest BCUT2D eigenvalue weighted by Gasteiger charge is -2.35. The molecule has 29 heavy (non-hydrogen) atoms. The summed E-state index contributed by atoms with van der Waals surface area (Å²) in [6.07, 6.45) is 3.33. The van der Waals surface area contributed by atoms with E-state index in [0.717, 1.165) is 18.9 Å². The van der Waals surface area contributed by atoms with Crippen molar-refractivity contribution in [2.24, 2.45) is 0 Å². The fraction of sp³-hybridized carbons (Fsp3) is 0.190. The number of pyridine rings is 1. The first-order valence-corrected chi connectivity index (χ1v) is 9.28. The molecule has 1 aliphatic heterocycles. The largest absolute Gasteiger partial charge is 0.353 e. The third-order valence-electron chi connectivity index (χ3n) is 4.66. The van der Waals surface area contributed by atoms with Crippen molar-refractivity contribution in [3.63, 3.8) is 0 Å². The second kappa shape index (κ2) is 8.35. The van der Waals surface area contributed by atoms with Crippen LogP contribution < -0.4 is 10.2 Å². The highest BCUT2D eigenvalue weighted by molar-refractivity contribution is 5.92. The molecular weight excluding hydrogens is 366 g/mol. The number of benzene rings is 1. The van der Waals surface area contributed by atoms with Gasteiger partial charge >= 0.3 is 0 Å². The summed E-state index contributed by atoms with van der Waals surface area (Å²) >= 11 is 0. The fourth-order valence-electron chi connectivity index (χ4n) is 3.18. The number of carbonyl (C=O) groups is 1. The molecular formula is C21H19N7O. The van der Waals surface area contributed by atoms with Gasteiger partial charge in [-0.05, 0) is 36.4 Å². The van der Waals surface area contributed by atoms with Crippen LogP contribution in [-0.4, -0.2) is 51.9 Å². The van der Waals surface area contributed by atoms with E-state index < -0.39 is 0 Å². The zero-order chi connectivity index (χ0) is 20.1. The van der Waals surface area contributed by atoms with E-state index in [-0.39, 0.29) is 5.91 Å². The maximum absolute atomic E-state index is 12.9. The van der Waals surface area contributed by atoms with Gasteiger partial charge in [-0.25, -0.2) is 15.0 Å². The van der Waals surface area contributed by atoms with E-state index in [9.17, 15) is 4.79 Å². The number of nitriles is 1. The van der Waals surface area contributed by atoms with Crippen molar-refractivity contribution in [2.75, 3.05) is 36.4 Å². The number of rotatable bonds is 4. The molecule has 8 heteroatoms. The Morgan fingerprint density at radius 2 is 1.86 bits per heavy atom. The average molecular weight is 385 g/mol. The van der Waals surface area contributed by atoms with Gasteiger partial charge in [-0.1, -0.05) is 12.1 Å². The van der Waals surface area contributed by atoms with Crippen LogP contribution in [0.5, 0.6) is 0 Å². The summed E-state index contributed by atoms with van der Waals surface area (Å²) in [5.41, 5.74) is 1.57. The Bertz CT molecular complexity index is 1040. The number of hydrogen-bond acceptors (Lipinski definition) is 7. The second-order valence-electron chi connectivity index (χ2n) is 6.55. The summed E-state index contributed by atoms with van der Waals surface area (Å²) < 4.78 is 0. The van der Waals surface area contributed by atoms with Gasteiger partial charge in [-0.2, -0.15) is 5.26 Å². The topological polar surface area (TPSA) is 98.0 Å². The SMILES string of the molecule is N#Cc1cccc(Nc2nccc(C(=O)N3CCN(c4ccccn4)CC3)n2)c1. The quantitative estimate of drug-likeness (QED) is 0.736. The minimum absolute atomic E-state index is 0.123. The molecule has 0 radical (unpaired) electrons. The van der Waals surface area contributed by atoms with Gasteiger partial charge in [0.05, 0.1) is 11.6 Å². The summed E-state index contributed by atoms with van der Waals surface area (Å²) in [5.74, 6) is 1.12. The predicted molar refractivity (Wildman–Crippen MR) is 109 cm³/mol. The Morgan fingerprint density at radius 1 is 1.00 bits per heavy atom. The number of nitrogens with zero attached hydrogens (tertiary/aromatic N) is 6. The summed E-state index contributed by atoms with van der Waals surface area (Å²) in [7, 11) is 0. The first kappa shape index (κ1) is 18.4. The van der Waals surface area contributed by atoms with Gasteiger partial charge in [0.1, 0.15) is 11.5 Å². The maximum Gasteiger partial charge on any atom is 0.272 e. The van der Waals surface area contributed by atoms with Crippen LogP contribution in [0.3, 0.4) is 0 Å². The molecule has 3 aromatic rings. The van der Waals surface area contributed by atoms with Gasteiger partial charge in [-0.15, -0.1) is 0 Å². The Morgan fingerprint density at radius 3 is 2.62 bits per heavy atom. The summed E-state index contributed by atoms with van der Waals surface area (Å²) in [6.45, 7) is 2.65. The predicted octanol–water partition coefficient (Wildman–Crippen LogP) is 2.45. The van der Waals surface area contributed by atoms with E-state index in [1.54, 1.807) is 41.6 Å². The molecule has 1 saturated heterocycles.